The van der Waals surface area contributed by atoms with E-state index in [9.17, 15) is 0 Å². The minimum Gasteiger partial charge on any atom is -0.173 e. The Morgan fingerprint density at radius 2 is 1.64 bits per heavy atom. The van der Waals surface area contributed by atoms with Crippen molar-refractivity contribution in [3.63, 3.8) is 0 Å². The molecule has 0 radical (unpaired) electrons. The van der Waals surface area contributed by atoms with Crippen LogP contribution in [0.2, 0.25) is 0 Å². The number of hydrogen-bond acceptors (Lipinski definition) is 1. The summed E-state index contributed by atoms with van der Waals surface area (Å²) in [6, 6.07) is 0. The molecule has 0 spiro atoms. The Balaban J connectivity index is 2.54. The first kappa shape index (κ1) is 12.4. The van der Waals surface area contributed by atoms with Crippen LogP contribution in [0.15, 0.2) is 0 Å². The highest BCUT2D eigenvalue weighted by molar-refractivity contribution is 7.81. The largest absolute Gasteiger partial charge is 0.173 e. The van der Waals surface area contributed by atoms with Gasteiger partial charge in [0.15, 0.2) is 0 Å². The van der Waals surface area contributed by atoms with E-state index >= 15 is 0 Å². The summed E-state index contributed by atoms with van der Waals surface area (Å²) < 4.78 is 0.221. The van der Waals surface area contributed by atoms with Crippen molar-refractivity contribution in [3.05, 3.63) is 0 Å². The Morgan fingerprint density at radius 1 is 1.21 bits per heavy atom. The summed E-state index contributed by atoms with van der Waals surface area (Å²) in [6.45, 7) is 11.7. The molecule has 1 aliphatic rings. The van der Waals surface area contributed by atoms with Crippen molar-refractivity contribution in [2.75, 3.05) is 0 Å². The molecule has 1 aliphatic carbocycles. The molecule has 0 bridgehead atoms. The van der Waals surface area contributed by atoms with Gasteiger partial charge in [-0.1, -0.05) is 34.6 Å². The molecule has 0 atom stereocenters. The molecule has 0 heterocycles. The zero-order valence-electron chi connectivity index (χ0n) is 10.4. The van der Waals surface area contributed by atoms with Gasteiger partial charge in [-0.05, 0) is 42.9 Å². The van der Waals surface area contributed by atoms with Crippen molar-refractivity contribution in [1.82, 2.24) is 0 Å². The van der Waals surface area contributed by atoms with Gasteiger partial charge in [0.05, 0.1) is 0 Å². The molecule has 1 fully saturated rings. The highest BCUT2D eigenvalue weighted by Gasteiger charge is 2.37. The lowest BCUT2D eigenvalue weighted by Crippen LogP contribution is -2.35. The van der Waals surface area contributed by atoms with Crippen molar-refractivity contribution < 1.29 is 0 Å². The molecule has 0 amide bonds. The quantitative estimate of drug-likeness (QED) is 0.641. The van der Waals surface area contributed by atoms with Crippen LogP contribution < -0.4 is 0 Å². The minimum absolute atomic E-state index is 0.221. The molecular weight excluding hydrogens is 188 g/mol. The van der Waals surface area contributed by atoms with E-state index in [-0.39, 0.29) is 4.75 Å². The Morgan fingerprint density at radius 3 is 1.93 bits per heavy atom. The zero-order chi connectivity index (χ0) is 11.0. The molecule has 0 nitrogen and oxygen atoms in total. The summed E-state index contributed by atoms with van der Waals surface area (Å²) >= 11 is 4.71. The van der Waals surface area contributed by atoms with Gasteiger partial charge in [0, 0.05) is 4.75 Å². The van der Waals surface area contributed by atoms with E-state index < -0.39 is 0 Å². The lowest BCUT2D eigenvalue weighted by atomic mass is 9.64. The van der Waals surface area contributed by atoms with E-state index in [0.29, 0.717) is 5.41 Å². The Hall–Kier alpha value is 0.350. The molecule has 1 saturated carbocycles. The molecule has 0 aromatic carbocycles. The van der Waals surface area contributed by atoms with Crippen LogP contribution in [-0.2, 0) is 0 Å². The fraction of sp³-hybridized carbons (Fsp3) is 1.00. The van der Waals surface area contributed by atoms with E-state index in [2.05, 4.69) is 34.6 Å². The first-order valence-electron chi connectivity index (χ1n) is 5.98. The lowest BCUT2D eigenvalue weighted by Gasteiger charge is -2.44. The Labute approximate surface area is 95.3 Å². The van der Waals surface area contributed by atoms with Gasteiger partial charge in [-0.2, -0.15) is 12.6 Å². The Kier molecular flexibility index (Phi) is 3.62. The fourth-order valence-corrected chi connectivity index (χ4v) is 2.82. The SMILES string of the molecule is CC(C)C1(C)CCC(C(C)(C)S)CC1. The lowest BCUT2D eigenvalue weighted by molar-refractivity contribution is 0.102. The van der Waals surface area contributed by atoms with E-state index in [1.165, 1.54) is 25.7 Å². The monoisotopic (exact) mass is 214 g/mol. The maximum Gasteiger partial charge on any atom is 0.0101 e. The summed E-state index contributed by atoms with van der Waals surface area (Å²) in [5.74, 6) is 1.64. The molecule has 0 N–H and O–H groups in total. The Bertz CT molecular complexity index is 180. The molecular formula is C13H26S. The summed E-state index contributed by atoms with van der Waals surface area (Å²) in [5.41, 5.74) is 0.593. The predicted octanol–water partition coefficient (Wildman–Crippen LogP) is 4.55. The first-order valence-corrected chi connectivity index (χ1v) is 6.43. The van der Waals surface area contributed by atoms with Gasteiger partial charge in [0.2, 0.25) is 0 Å². The fourth-order valence-electron chi connectivity index (χ4n) is 2.56. The van der Waals surface area contributed by atoms with Crippen LogP contribution >= 0.6 is 12.6 Å². The van der Waals surface area contributed by atoms with E-state index in [1.54, 1.807) is 0 Å². The van der Waals surface area contributed by atoms with Gasteiger partial charge in [-0.3, -0.25) is 0 Å². The van der Waals surface area contributed by atoms with Crippen LogP contribution in [0, 0.1) is 17.3 Å². The van der Waals surface area contributed by atoms with Crippen LogP contribution in [-0.4, -0.2) is 4.75 Å². The first-order chi connectivity index (χ1) is 6.26. The highest BCUT2D eigenvalue weighted by atomic mass is 32.1. The van der Waals surface area contributed by atoms with Crippen LogP contribution in [0.5, 0.6) is 0 Å². The van der Waals surface area contributed by atoms with Crippen molar-refractivity contribution >= 4 is 12.6 Å². The van der Waals surface area contributed by atoms with E-state index in [4.69, 9.17) is 12.6 Å². The third-order valence-corrected chi connectivity index (χ3v) is 4.89. The van der Waals surface area contributed by atoms with Crippen molar-refractivity contribution in [2.45, 2.75) is 65.0 Å². The standard InChI is InChI=1S/C13H26S/c1-10(2)13(5)8-6-11(7-9-13)12(3,4)14/h10-11,14H,6-9H2,1-5H3. The van der Waals surface area contributed by atoms with E-state index in [0.717, 1.165) is 11.8 Å². The zero-order valence-corrected chi connectivity index (χ0v) is 11.3. The molecule has 84 valence electrons. The predicted molar refractivity (Wildman–Crippen MR) is 68.0 cm³/mol. The third kappa shape index (κ3) is 2.68. The summed E-state index contributed by atoms with van der Waals surface area (Å²) in [7, 11) is 0. The third-order valence-electron chi connectivity index (χ3n) is 4.52. The molecule has 0 aromatic rings. The summed E-state index contributed by atoms with van der Waals surface area (Å²) in [5, 5.41) is 0. The maximum atomic E-state index is 4.71. The number of hydrogen-bond donors (Lipinski definition) is 1. The van der Waals surface area contributed by atoms with Gasteiger partial charge in [-0.25, -0.2) is 0 Å². The normalized spacial score (nSPS) is 34.9. The van der Waals surface area contributed by atoms with Crippen LogP contribution in [0.4, 0.5) is 0 Å². The molecule has 0 aromatic heterocycles. The maximum absolute atomic E-state index is 4.71. The minimum atomic E-state index is 0.221. The highest BCUT2D eigenvalue weighted by Crippen LogP contribution is 2.47. The molecule has 1 rings (SSSR count). The van der Waals surface area contributed by atoms with Crippen molar-refractivity contribution in [3.8, 4) is 0 Å². The van der Waals surface area contributed by atoms with Crippen LogP contribution in [0.25, 0.3) is 0 Å². The van der Waals surface area contributed by atoms with Crippen molar-refractivity contribution in [1.29, 1.82) is 0 Å². The molecule has 0 saturated heterocycles. The second kappa shape index (κ2) is 4.08. The number of rotatable bonds is 2. The average molecular weight is 214 g/mol. The van der Waals surface area contributed by atoms with Gasteiger partial charge < -0.3 is 0 Å². The average Bonchev–Trinajstić information content (AvgIpc) is 2.03. The van der Waals surface area contributed by atoms with Gasteiger partial charge >= 0.3 is 0 Å². The van der Waals surface area contributed by atoms with Gasteiger partial charge in [0.25, 0.3) is 0 Å². The van der Waals surface area contributed by atoms with Gasteiger partial charge in [0.1, 0.15) is 0 Å². The van der Waals surface area contributed by atoms with Crippen molar-refractivity contribution in [2.24, 2.45) is 17.3 Å². The molecule has 0 aliphatic heterocycles. The van der Waals surface area contributed by atoms with E-state index in [1.807, 2.05) is 0 Å². The second-order valence-electron chi connectivity index (χ2n) is 6.24. The second-order valence-corrected chi connectivity index (χ2v) is 7.39. The summed E-state index contributed by atoms with van der Waals surface area (Å²) in [6.07, 6.45) is 5.51. The smallest absolute Gasteiger partial charge is 0.0101 e. The molecule has 14 heavy (non-hydrogen) atoms. The van der Waals surface area contributed by atoms with Crippen LogP contribution in [0.3, 0.4) is 0 Å². The molecule has 1 heteroatoms. The molecule has 0 unspecified atom stereocenters. The summed E-state index contributed by atoms with van der Waals surface area (Å²) in [4.78, 5) is 0. The number of thiol groups is 1. The van der Waals surface area contributed by atoms with Gasteiger partial charge in [-0.15, -0.1) is 0 Å². The van der Waals surface area contributed by atoms with Crippen LogP contribution in [0.1, 0.15) is 60.3 Å². The topological polar surface area (TPSA) is 0 Å².